The molecule has 1 aliphatic heterocycles. The van der Waals surface area contributed by atoms with Crippen LogP contribution in [-0.4, -0.2) is 32.9 Å². The standard InChI is InChI=1S/C19H22FN3O2/c1-12-19(14(3)24)13(2)23(21-12)11-9-18(25)22-10-8-17(22)15-4-6-16(20)7-5-15/h4-7,17H,8-11H2,1-3H3. The molecule has 0 bridgehead atoms. The Morgan fingerprint density at radius 3 is 2.44 bits per heavy atom. The molecule has 1 amide bonds. The molecule has 2 aromatic rings. The number of benzene rings is 1. The lowest BCUT2D eigenvalue weighted by Crippen LogP contribution is -2.45. The van der Waals surface area contributed by atoms with E-state index in [1.54, 1.807) is 16.8 Å². The summed E-state index contributed by atoms with van der Waals surface area (Å²) >= 11 is 0. The van der Waals surface area contributed by atoms with E-state index < -0.39 is 0 Å². The van der Waals surface area contributed by atoms with Crippen molar-refractivity contribution in [2.45, 2.75) is 46.2 Å². The number of hydrogen-bond acceptors (Lipinski definition) is 3. The fourth-order valence-electron chi connectivity index (χ4n) is 3.49. The van der Waals surface area contributed by atoms with Gasteiger partial charge in [-0.25, -0.2) is 4.39 Å². The quantitative estimate of drug-likeness (QED) is 0.784. The first-order valence-corrected chi connectivity index (χ1v) is 8.48. The number of carbonyl (C=O) groups excluding carboxylic acids is 2. The van der Waals surface area contributed by atoms with E-state index in [4.69, 9.17) is 0 Å². The summed E-state index contributed by atoms with van der Waals surface area (Å²) in [5.41, 5.74) is 3.11. The number of rotatable bonds is 5. The molecule has 5 nitrogen and oxygen atoms in total. The molecule has 0 aliphatic carbocycles. The summed E-state index contributed by atoms with van der Waals surface area (Å²) in [5, 5.41) is 4.38. The van der Waals surface area contributed by atoms with Crippen molar-refractivity contribution in [2.75, 3.05) is 6.54 Å². The van der Waals surface area contributed by atoms with Crippen LogP contribution >= 0.6 is 0 Å². The molecule has 0 radical (unpaired) electrons. The van der Waals surface area contributed by atoms with Crippen molar-refractivity contribution in [2.24, 2.45) is 0 Å². The second kappa shape index (κ2) is 6.78. The van der Waals surface area contributed by atoms with Crippen molar-refractivity contribution in [1.29, 1.82) is 0 Å². The number of carbonyl (C=O) groups is 2. The van der Waals surface area contributed by atoms with Crippen molar-refractivity contribution in [3.05, 3.63) is 52.6 Å². The maximum Gasteiger partial charge on any atom is 0.224 e. The van der Waals surface area contributed by atoms with Gasteiger partial charge in [0.15, 0.2) is 5.78 Å². The van der Waals surface area contributed by atoms with Crippen LogP contribution in [0.1, 0.15) is 53.1 Å². The van der Waals surface area contributed by atoms with E-state index in [1.165, 1.54) is 19.1 Å². The summed E-state index contributed by atoms with van der Waals surface area (Å²) in [7, 11) is 0. The topological polar surface area (TPSA) is 55.2 Å². The zero-order valence-electron chi connectivity index (χ0n) is 14.8. The van der Waals surface area contributed by atoms with Crippen molar-refractivity contribution in [3.8, 4) is 0 Å². The third-order valence-corrected chi connectivity index (χ3v) is 4.87. The number of aryl methyl sites for hydroxylation is 2. The van der Waals surface area contributed by atoms with Gasteiger partial charge in [0.05, 0.1) is 17.3 Å². The van der Waals surface area contributed by atoms with E-state index in [0.717, 1.165) is 24.2 Å². The van der Waals surface area contributed by atoms with Crippen molar-refractivity contribution >= 4 is 11.7 Å². The monoisotopic (exact) mass is 343 g/mol. The first-order chi connectivity index (χ1) is 11.9. The first kappa shape index (κ1) is 17.3. The Bertz CT molecular complexity index is 811. The van der Waals surface area contributed by atoms with Crippen LogP contribution in [0.15, 0.2) is 24.3 Å². The Hall–Kier alpha value is -2.50. The van der Waals surface area contributed by atoms with Gasteiger partial charge >= 0.3 is 0 Å². The summed E-state index contributed by atoms with van der Waals surface area (Å²) in [6.07, 6.45) is 1.22. The van der Waals surface area contributed by atoms with Gasteiger partial charge in [-0.15, -0.1) is 0 Å². The first-order valence-electron chi connectivity index (χ1n) is 8.48. The smallest absolute Gasteiger partial charge is 0.224 e. The lowest BCUT2D eigenvalue weighted by Gasteiger charge is -2.41. The summed E-state index contributed by atoms with van der Waals surface area (Å²) in [5.74, 6) is -0.226. The van der Waals surface area contributed by atoms with Gasteiger partial charge < -0.3 is 4.90 Å². The van der Waals surface area contributed by atoms with Crippen LogP contribution in [0, 0.1) is 19.7 Å². The van der Waals surface area contributed by atoms with Gasteiger partial charge in [0, 0.05) is 25.2 Å². The van der Waals surface area contributed by atoms with E-state index in [0.29, 0.717) is 24.2 Å². The molecular formula is C19H22FN3O2. The fraction of sp³-hybridized carbons (Fsp3) is 0.421. The van der Waals surface area contributed by atoms with Crippen LogP contribution in [0.2, 0.25) is 0 Å². The van der Waals surface area contributed by atoms with E-state index in [9.17, 15) is 14.0 Å². The van der Waals surface area contributed by atoms with E-state index in [-0.39, 0.29) is 23.5 Å². The zero-order chi connectivity index (χ0) is 18.1. The highest BCUT2D eigenvalue weighted by molar-refractivity contribution is 5.96. The lowest BCUT2D eigenvalue weighted by atomic mass is 9.94. The molecule has 2 heterocycles. The number of aromatic nitrogens is 2. The minimum Gasteiger partial charge on any atom is -0.335 e. The van der Waals surface area contributed by atoms with E-state index in [2.05, 4.69) is 5.10 Å². The average Bonchev–Trinajstić information content (AvgIpc) is 2.80. The Balaban J connectivity index is 1.64. The average molecular weight is 343 g/mol. The summed E-state index contributed by atoms with van der Waals surface area (Å²) in [6, 6.07) is 6.35. The third kappa shape index (κ3) is 3.34. The van der Waals surface area contributed by atoms with Gasteiger partial charge in [-0.3, -0.25) is 14.3 Å². The second-order valence-corrected chi connectivity index (χ2v) is 6.52. The molecule has 25 heavy (non-hydrogen) atoms. The van der Waals surface area contributed by atoms with Gasteiger partial charge in [-0.05, 0) is 44.9 Å². The molecule has 0 N–H and O–H groups in total. The van der Waals surface area contributed by atoms with Crippen molar-refractivity contribution in [1.82, 2.24) is 14.7 Å². The molecule has 1 fully saturated rings. The molecule has 1 aromatic heterocycles. The second-order valence-electron chi connectivity index (χ2n) is 6.52. The number of Topliss-reactive ketones (excluding diaryl/α,β-unsaturated/α-hetero) is 1. The van der Waals surface area contributed by atoms with Gasteiger partial charge in [0.25, 0.3) is 0 Å². The highest BCUT2D eigenvalue weighted by atomic mass is 19.1. The number of ketones is 1. The molecule has 0 spiro atoms. The van der Waals surface area contributed by atoms with Crippen LogP contribution in [-0.2, 0) is 11.3 Å². The molecule has 1 unspecified atom stereocenters. The molecule has 0 saturated carbocycles. The number of halogens is 1. The normalized spacial score (nSPS) is 16.6. The van der Waals surface area contributed by atoms with Crippen LogP contribution in [0.25, 0.3) is 0 Å². The fourth-order valence-corrected chi connectivity index (χ4v) is 3.49. The predicted octanol–water partition coefficient (Wildman–Crippen LogP) is 3.21. The number of amides is 1. The number of hydrogen-bond donors (Lipinski definition) is 0. The van der Waals surface area contributed by atoms with Crippen molar-refractivity contribution in [3.63, 3.8) is 0 Å². The molecule has 1 saturated heterocycles. The van der Waals surface area contributed by atoms with Crippen LogP contribution in [0.5, 0.6) is 0 Å². The minimum atomic E-state index is -0.272. The highest BCUT2D eigenvalue weighted by Gasteiger charge is 2.33. The molecular weight excluding hydrogens is 321 g/mol. The Kier molecular flexibility index (Phi) is 4.70. The largest absolute Gasteiger partial charge is 0.335 e. The SMILES string of the molecule is CC(=O)c1c(C)nn(CCC(=O)N2CCC2c2ccc(F)cc2)c1C. The van der Waals surface area contributed by atoms with Crippen LogP contribution in [0.4, 0.5) is 4.39 Å². The number of likely N-dealkylation sites (tertiary alicyclic amines) is 1. The van der Waals surface area contributed by atoms with Gasteiger partial charge in [0.2, 0.25) is 5.91 Å². The Labute approximate surface area is 146 Å². The molecule has 1 aromatic carbocycles. The van der Waals surface area contributed by atoms with E-state index >= 15 is 0 Å². The number of nitrogens with zero attached hydrogens (tertiary/aromatic N) is 3. The summed E-state index contributed by atoms with van der Waals surface area (Å²) in [4.78, 5) is 26.0. The lowest BCUT2D eigenvalue weighted by molar-refractivity contribution is -0.139. The maximum atomic E-state index is 13.1. The van der Waals surface area contributed by atoms with Gasteiger partial charge in [0.1, 0.15) is 5.82 Å². The summed E-state index contributed by atoms with van der Waals surface area (Å²) in [6.45, 7) is 6.36. The minimum absolute atomic E-state index is 0.00769. The molecule has 1 aliphatic rings. The van der Waals surface area contributed by atoms with Crippen molar-refractivity contribution < 1.29 is 14.0 Å². The van der Waals surface area contributed by atoms with E-state index in [1.807, 2.05) is 18.7 Å². The summed E-state index contributed by atoms with van der Waals surface area (Å²) < 4.78 is 14.8. The molecule has 6 heteroatoms. The third-order valence-electron chi connectivity index (χ3n) is 4.87. The predicted molar refractivity (Wildman–Crippen MR) is 91.8 cm³/mol. The molecule has 1 atom stereocenters. The van der Waals surface area contributed by atoms with Gasteiger partial charge in [-0.2, -0.15) is 5.10 Å². The highest BCUT2D eigenvalue weighted by Crippen LogP contribution is 2.33. The molecule has 132 valence electrons. The zero-order valence-corrected chi connectivity index (χ0v) is 14.8. The van der Waals surface area contributed by atoms with Crippen LogP contribution < -0.4 is 0 Å². The maximum absolute atomic E-state index is 13.1. The Morgan fingerprint density at radius 1 is 1.24 bits per heavy atom. The Morgan fingerprint density at radius 2 is 1.92 bits per heavy atom. The van der Waals surface area contributed by atoms with Gasteiger partial charge in [-0.1, -0.05) is 12.1 Å². The van der Waals surface area contributed by atoms with Crippen LogP contribution in [0.3, 0.4) is 0 Å². The molecule has 3 rings (SSSR count).